The van der Waals surface area contributed by atoms with Crippen LogP contribution in [0.4, 0.5) is 0 Å². The Morgan fingerprint density at radius 3 is 2.39 bits per heavy atom. The molecular formula is C15H19BrN2. The van der Waals surface area contributed by atoms with Gasteiger partial charge >= 0.3 is 0 Å². The number of alkyl halides is 1. The van der Waals surface area contributed by atoms with E-state index < -0.39 is 0 Å². The highest BCUT2D eigenvalue weighted by Crippen LogP contribution is 2.39. The first-order valence-electron chi connectivity index (χ1n) is 6.25. The Morgan fingerprint density at radius 2 is 1.83 bits per heavy atom. The van der Waals surface area contributed by atoms with E-state index in [4.69, 9.17) is 10.5 Å². The lowest BCUT2D eigenvalue weighted by atomic mass is 9.80. The van der Waals surface area contributed by atoms with E-state index in [0.717, 1.165) is 6.42 Å². The molecule has 0 aromatic rings. The Balaban J connectivity index is 2.99. The topological polar surface area (TPSA) is 47.6 Å². The van der Waals surface area contributed by atoms with Crippen molar-refractivity contribution in [1.82, 2.24) is 0 Å². The van der Waals surface area contributed by atoms with E-state index in [-0.39, 0.29) is 16.2 Å². The van der Waals surface area contributed by atoms with Crippen LogP contribution in [0, 0.1) is 34.5 Å². The highest BCUT2D eigenvalue weighted by molar-refractivity contribution is 9.10. The van der Waals surface area contributed by atoms with Crippen molar-refractivity contribution in [2.45, 2.75) is 44.4 Å². The molecule has 0 fully saturated rings. The lowest BCUT2D eigenvalue weighted by Gasteiger charge is -2.30. The van der Waals surface area contributed by atoms with Crippen molar-refractivity contribution in [2.75, 3.05) is 0 Å². The fourth-order valence-electron chi connectivity index (χ4n) is 2.23. The first-order valence-corrected chi connectivity index (χ1v) is 7.05. The minimum absolute atomic E-state index is 0.0557. The van der Waals surface area contributed by atoms with Crippen LogP contribution in [0.3, 0.4) is 0 Å². The fourth-order valence-corrected chi connectivity index (χ4v) is 2.82. The molecular weight excluding hydrogens is 288 g/mol. The molecule has 0 aromatic heterocycles. The van der Waals surface area contributed by atoms with E-state index in [1.54, 1.807) is 0 Å². The fraction of sp³-hybridized carbons (Fsp3) is 0.600. The second-order valence-electron chi connectivity index (χ2n) is 5.35. The number of nitrogens with zero attached hydrogens (tertiary/aromatic N) is 2. The monoisotopic (exact) mass is 306 g/mol. The van der Waals surface area contributed by atoms with Crippen molar-refractivity contribution in [1.29, 1.82) is 10.5 Å². The molecule has 0 radical (unpaired) electrons. The summed E-state index contributed by atoms with van der Waals surface area (Å²) in [6, 6.07) is 4.46. The van der Waals surface area contributed by atoms with Crippen LogP contribution in [0.25, 0.3) is 0 Å². The van der Waals surface area contributed by atoms with E-state index >= 15 is 0 Å². The molecule has 0 saturated heterocycles. The van der Waals surface area contributed by atoms with Crippen LogP contribution < -0.4 is 0 Å². The molecule has 1 rings (SSSR count). The maximum Gasteiger partial charge on any atom is 0.0628 e. The van der Waals surface area contributed by atoms with Crippen LogP contribution in [-0.4, -0.2) is 4.32 Å². The normalized spacial score (nSPS) is 26.3. The number of allylic oxidation sites excluding steroid dienone is 4. The molecule has 3 atom stereocenters. The quantitative estimate of drug-likeness (QED) is 0.718. The van der Waals surface area contributed by atoms with E-state index in [1.807, 2.05) is 0 Å². The van der Waals surface area contributed by atoms with Gasteiger partial charge in [0, 0.05) is 17.2 Å². The third-order valence-corrected chi connectivity index (χ3v) is 3.88. The van der Waals surface area contributed by atoms with E-state index in [2.05, 4.69) is 61.0 Å². The van der Waals surface area contributed by atoms with Crippen LogP contribution in [0.1, 0.15) is 40.0 Å². The largest absolute Gasteiger partial charge is 0.198 e. The van der Waals surface area contributed by atoms with Crippen LogP contribution >= 0.6 is 15.9 Å². The van der Waals surface area contributed by atoms with Gasteiger partial charge in [-0.2, -0.15) is 10.5 Å². The van der Waals surface area contributed by atoms with Gasteiger partial charge in [-0.1, -0.05) is 47.5 Å². The van der Waals surface area contributed by atoms with Gasteiger partial charge in [0.1, 0.15) is 0 Å². The minimum Gasteiger partial charge on any atom is -0.198 e. The molecule has 1 aliphatic rings. The zero-order valence-corrected chi connectivity index (χ0v) is 12.8. The van der Waals surface area contributed by atoms with Gasteiger partial charge in [0.25, 0.3) is 0 Å². The van der Waals surface area contributed by atoms with Gasteiger partial charge in [-0.25, -0.2) is 0 Å². The number of hydrogen-bond acceptors (Lipinski definition) is 2. The molecule has 3 unspecified atom stereocenters. The van der Waals surface area contributed by atoms with Gasteiger partial charge in [-0.05, 0) is 30.8 Å². The first-order chi connectivity index (χ1) is 8.39. The van der Waals surface area contributed by atoms with Crippen LogP contribution in [0.5, 0.6) is 0 Å². The summed E-state index contributed by atoms with van der Waals surface area (Å²) >= 11 is 3.73. The Labute approximate surface area is 118 Å². The van der Waals surface area contributed by atoms with Crippen molar-refractivity contribution in [3.05, 3.63) is 23.3 Å². The van der Waals surface area contributed by atoms with Gasteiger partial charge in [0.05, 0.1) is 12.1 Å². The van der Waals surface area contributed by atoms with Crippen molar-refractivity contribution < 1.29 is 0 Å². The summed E-state index contributed by atoms with van der Waals surface area (Å²) in [7, 11) is 0. The SMILES string of the molecule is CC(CC#N)C1=CC(C)(Br)CC(C(C)CC#N)=C1. The van der Waals surface area contributed by atoms with Gasteiger partial charge in [-0.15, -0.1) is 0 Å². The second-order valence-corrected chi connectivity index (χ2v) is 7.16. The first kappa shape index (κ1) is 15.0. The molecule has 0 spiro atoms. The molecule has 0 aliphatic heterocycles. The molecule has 0 saturated carbocycles. The molecule has 0 heterocycles. The summed E-state index contributed by atoms with van der Waals surface area (Å²) in [4.78, 5) is 0. The third kappa shape index (κ3) is 4.00. The highest BCUT2D eigenvalue weighted by atomic mass is 79.9. The Bertz CT molecular complexity index is 446. The molecule has 0 bridgehead atoms. The predicted molar refractivity (Wildman–Crippen MR) is 76.9 cm³/mol. The van der Waals surface area contributed by atoms with Crippen LogP contribution in [-0.2, 0) is 0 Å². The van der Waals surface area contributed by atoms with Gasteiger partial charge in [-0.3, -0.25) is 0 Å². The number of rotatable bonds is 4. The van der Waals surface area contributed by atoms with E-state index in [1.165, 1.54) is 11.1 Å². The Kier molecular flexibility index (Phi) is 5.17. The molecule has 0 N–H and O–H groups in total. The predicted octanol–water partition coefficient (Wildman–Crippen LogP) is 4.50. The molecule has 0 amide bonds. The zero-order valence-electron chi connectivity index (χ0n) is 11.2. The smallest absolute Gasteiger partial charge is 0.0628 e. The maximum absolute atomic E-state index is 8.81. The van der Waals surface area contributed by atoms with Crippen molar-refractivity contribution >= 4 is 15.9 Å². The summed E-state index contributed by atoms with van der Waals surface area (Å²) in [5, 5.41) is 17.6. The summed E-state index contributed by atoms with van der Waals surface area (Å²) in [5.74, 6) is 0.529. The average molecular weight is 307 g/mol. The number of nitriles is 2. The molecule has 3 heteroatoms. The van der Waals surface area contributed by atoms with Gasteiger partial charge in [0.2, 0.25) is 0 Å². The number of hydrogen-bond donors (Lipinski definition) is 0. The van der Waals surface area contributed by atoms with Crippen LogP contribution in [0.15, 0.2) is 23.3 Å². The number of halogens is 1. The highest BCUT2D eigenvalue weighted by Gasteiger charge is 2.27. The zero-order chi connectivity index (χ0) is 13.8. The maximum atomic E-state index is 8.81. The Morgan fingerprint density at radius 1 is 1.28 bits per heavy atom. The molecule has 1 aliphatic carbocycles. The minimum atomic E-state index is -0.0557. The van der Waals surface area contributed by atoms with Crippen LogP contribution in [0.2, 0.25) is 0 Å². The standard InChI is InChI=1S/C15H19BrN2/c1-11(4-6-17)13-8-14(12(2)5-7-18)10-15(3,16)9-13/h8-9,11-12H,4-5,10H2,1-3H3. The summed E-state index contributed by atoms with van der Waals surface area (Å²) in [6.45, 7) is 6.31. The van der Waals surface area contributed by atoms with Gasteiger partial charge < -0.3 is 0 Å². The van der Waals surface area contributed by atoms with E-state index in [9.17, 15) is 0 Å². The second kappa shape index (κ2) is 6.21. The lowest BCUT2D eigenvalue weighted by Crippen LogP contribution is -2.21. The average Bonchev–Trinajstić information content (AvgIpc) is 2.27. The summed E-state index contributed by atoms with van der Waals surface area (Å²) in [6.07, 6.45) is 6.41. The van der Waals surface area contributed by atoms with Gasteiger partial charge in [0.15, 0.2) is 0 Å². The lowest BCUT2D eigenvalue weighted by molar-refractivity contribution is 0.604. The van der Waals surface area contributed by atoms with Crippen molar-refractivity contribution in [3.8, 4) is 12.1 Å². The molecule has 2 nitrogen and oxygen atoms in total. The van der Waals surface area contributed by atoms with Crippen molar-refractivity contribution in [2.24, 2.45) is 11.8 Å². The molecule has 96 valence electrons. The summed E-state index contributed by atoms with van der Waals surface area (Å²) < 4.78 is -0.0557. The molecule has 0 aromatic carbocycles. The summed E-state index contributed by atoms with van der Waals surface area (Å²) in [5.41, 5.74) is 2.51. The third-order valence-electron chi connectivity index (χ3n) is 3.37. The van der Waals surface area contributed by atoms with Crippen molar-refractivity contribution in [3.63, 3.8) is 0 Å². The Hall–Kier alpha value is -1.06. The molecule has 18 heavy (non-hydrogen) atoms. The van der Waals surface area contributed by atoms with E-state index in [0.29, 0.717) is 12.8 Å².